The number of rotatable bonds is 9. The van der Waals surface area contributed by atoms with Crippen molar-refractivity contribution >= 4 is 15.9 Å². The van der Waals surface area contributed by atoms with Crippen LogP contribution < -0.4 is 5.32 Å². The fourth-order valence-corrected chi connectivity index (χ4v) is 5.55. The normalized spacial score (nSPS) is 16.8. The number of carbonyl (C=O) groups is 1. The molecule has 1 amide bonds. The van der Waals surface area contributed by atoms with Gasteiger partial charge in [-0.2, -0.15) is 0 Å². The first kappa shape index (κ1) is 22.9. The van der Waals surface area contributed by atoms with Crippen molar-refractivity contribution in [3.63, 3.8) is 0 Å². The number of piperidine rings is 1. The van der Waals surface area contributed by atoms with Crippen LogP contribution in [0.4, 0.5) is 0 Å². The van der Waals surface area contributed by atoms with Crippen molar-refractivity contribution in [2.75, 3.05) is 18.8 Å². The molecule has 1 aliphatic rings. The average molecular weight is 409 g/mol. The van der Waals surface area contributed by atoms with Gasteiger partial charge in [-0.05, 0) is 43.1 Å². The van der Waals surface area contributed by atoms with Crippen LogP contribution in [0.1, 0.15) is 52.5 Å². The number of benzene rings is 1. The number of hydrogen-bond acceptors (Lipinski definition) is 3. The molecule has 1 saturated heterocycles. The third-order valence-electron chi connectivity index (χ3n) is 5.67. The Balaban J connectivity index is 1.80. The molecule has 5 nitrogen and oxygen atoms in total. The van der Waals surface area contributed by atoms with Gasteiger partial charge in [-0.25, -0.2) is 12.7 Å². The lowest BCUT2D eigenvalue weighted by molar-refractivity contribution is -0.127. The molecular formula is C22H36N2O3S. The number of nitrogens with one attached hydrogen (secondary N) is 1. The molecule has 0 bridgehead atoms. The van der Waals surface area contributed by atoms with Crippen molar-refractivity contribution < 1.29 is 13.2 Å². The monoisotopic (exact) mass is 408 g/mol. The van der Waals surface area contributed by atoms with Crippen LogP contribution in [0, 0.1) is 17.8 Å². The standard InChI is InChI=1S/C22H36N2O3S/c1-17(2)21(18(3)4)23-22(25)20-12-14-24(15-13-20)28(26,27)16-8-11-19-9-6-5-7-10-19/h5-7,9-10,17-18,20-21H,8,11-16H2,1-4H3,(H,23,25). The lowest BCUT2D eigenvalue weighted by Gasteiger charge is -2.33. The van der Waals surface area contributed by atoms with Gasteiger partial charge in [0.05, 0.1) is 5.75 Å². The van der Waals surface area contributed by atoms with Gasteiger partial charge in [-0.3, -0.25) is 4.79 Å². The molecule has 158 valence electrons. The lowest BCUT2D eigenvalue weighted by atomic mass is 9.91. The second-order valence-corrected chi connectivity index (χ2v) is 10.7. The Morgan fingerprint density at radius 3 is 2.18 bits per heavy atom. The molecule has 0 spiro atoms. The van der Waals surface area contributed by atoms with Crippen molar-refractivity contribution in [1.82, 2.24) is 9.62 Å². The molecule has 0 aromatic heterocycles. The van der Waals surface area contributed by atoms with Crippen LogP contribution in [0.5, 0.6) is 0 Å². The molecule has 2 rings (SSSR count). The third kappa shape index (κ3) is 6.59. The van der Waals surface area contributed by atoms with Crippen LogP contribution in [0.2, 0.25) is 0 Å². The van der Waals surface area contributed by atoms with E-state index in [-0.39, 0.29) is 23.6 Å². The summed E-state index contributed by atoms with van der Waals surface area (Å²) >= 11 is 0. The molecule has 1 N–H and O–H groups in total. The number of amides is 1. The minimum atomic E-state index is -3.25. The van der Waals surface area contributed by atoms with E-state index in [1.807, 2.05) is 30.3 Å². The third-order valence-corrected chi connectivity index (χ3v) is 7.63. The zero-order valence-corrected chi connectivity index (χ0v) is 18.5. The molecule has 0 radical (unpaired) electrons. The van der Waals surface area contributed by atoms with Crippen molar-refractivity contribution in [2.24, 2.45) is 17.8 Å². The minimum Gasteiger partial charge on any atom is -0.353 e. The second-order valence-electron chi connectivity index (χ2n) is 8.60. The summed E-state index contributed by atoms with van der Waals surface area (Å²) in [6.45, 7) is 9.37. The van der Waals surface area contributed by atoms with Crippen LogP contribution in [-0.4, -0.2) is 43.5 Å². The smallest absolute Gasteiger partial charge is 0.223 e. The average Bonchev–Trinajstić information content (AvgIpc) is 2.66. The van der Waals surface area contributed by atoms with E-state index in [1.54, 1.807) is 4.31 Å². The number of hydrogen-bond donors (Lipinski definition) is 1. The van der Waals surface area contributed by atoms with Gasteiger partial charge in [0.15, 0.2) is 0 Å². The fraction of sp³-hybridized carbons (Fsp3) is 0.682. The molecule has 0 unspecified atom stereocenters. The van der Waals surface area contributed by atoms with Gasteiger partial charge in [-0.1, -0.05) is 58.0 Å². The van der Waals surface area contributed by atoms with Crippen molar-refractivity contribution in [3.05, 3.63) is 35.9 Å². The highest BCUT2D eigenvalue weighted by Gasteiger charge is 2.32. The predicted molar refractivity (Wildman–Crippen MR) is 114 cm³/mol. The molecule has 28 heavy (non-hydrogen) atoms. The zero-order valence-electron chi connectivity index (χ0n) is 17.7. The maximum atomic E-state index is 12.6. The first-order valence-corrected chi connectivity index (χ1v) is 12.1. The van der Waals surface area contributed by atoms with Gasteiger partial charge in [-0.15, -0.1) is 0 Å². The van der Waals surface area contributed by atoms with Crippen molar-refractivity contribution in [2.45, 2.75) is 59.4 Å². The molecule has 0 aliphatic carbocycles. The lowest BCUT2D eigenvalue weighted by Crippen LogP contribution is -2.48. The van der Waals surface area contributed by atoms with E-state index in [4.69, 9.17) is 0 Å². The van der Waals surface area contributed by atoms with E-state index in [0.717, 1.165) is 12.0 Å². The SMILES string of the molecule is CC(C)C(NC(=O)C1CCN(S(=O)(=O)CCCc2ccccc2)CC1)C(C)C. The number of sulfonamides is 1. The Bertz CT molecular complexity index is 701. The van der Waals surface area contributed by atoms with E-state index in [2.05, 4.69) is 33.0 Å². The first-order valence-electron chi connectivity index (χ1n) is 10.5. The van der Waals surface area contributed by atoms with E-state index in [9.17, 15) is 13.2 Å². The highest BCUT2D eigenvalue weighted by atomic mass is 32.2. The summed E-state index contributed by atoms with van der Waals surface area (Å²) in [5, 5.41) is 3.18. The zero-order chi connectivity index (χ0) is 20.7. The molecule has 0 atom stereocenters. The summed E-state index contributed by atoms with van der Waals surface area (Å²) in [4.78, 5) is 12.6. The van der Waals surface area contributed by atoms with Crippen LogP contribution in [0.15, 0.2) is 30.3 Å². The van der Waals surface area contributed by atoms with E-state index in [0.29, 0.717) is 44.2 Å². The van der Waals surface area contributed by atoms with Gasteiger partial charge in [0, 0.05) is 25.0 Å². The highest BCUT2D eigenvalue weighted by molar-refractivity contribution is 7.89. The summed E-state index contributed by atoms with van der Waals surface area (Å²) < 4.78 is 26.8. The molecule has 1 fully saturated rings. The Kier molecular flexibility index (Phi) is 8.50. The molecule has 0 saturated carbocycles. The summed E-state index contributed by atoms with van der Waals surface area (Å²) in [6, 6.07) is 10.1. The second kappa shape index (κ2) is 10.4. The maximum Gasteiger partial charge on any atom is 0.223 e. The van der Waals surface area contributed by atoms with Gasteiger partial charge < -0.3 is 5.32 Å². The fourth-order valence-electron chi connectivity index (χ4n) is 4.01. The maximum absolute atomic E-state index is 12.6. The van der Waals surface area contributed by atoms with Crippen LogP contribution in [-0.2, 0) is 21.2 Å². The van der Waals surface area contributed by atoms with Gasteiger partial charge >= 0.3 is 0 Å². The molecule has 1 aromatic carbocycles. The van der Waals surface area contributed by atoms with Crippen LogP contribution in [0.25, 0.3) is 0 Å². The summed E-state index contributed by atoms with van der Waals surface area (Å²) in [7, 11) is -3.25. The molecule has 6 heteroatoms. The molecule has 1 aromatic rings. The Hall–Kier alpha value is -1.40. The predicted octanol–water partition coefficient (Wildman–Crippen LogP) is 3.46. The van der Waals surface area contributed by atoms with Gasteiger partial charge in [0.1, 0.15) is 0 Å². The first-order chi connectivity index (χ1) is 13.2. The van der Waals surface area contributed by atoms with E-state index in [1.165, 1.54) is 0 Å². The van der Waals surface area contributed by atoms with Crippen LogP contribution in [0.3, 0.4) is 0 Å². The summed E-state index contributed by atoms with van der Waals surface area (Å²) in [5.41, 5.74) is 1.16. The minimum absolute atomic E-state index is 0.0773. The molecular weight excluding hydrogens is 372 g/mol. The van der Waals surface area contributed by atoms with Gasteiger partial charge in [0.25, 0.3) is 0 Å². The topological polar surface area (TPSA) is 66.5 Å². The summed E-state index contributed by atoms with van der Waals surface area (Å²) in [6.07, 6.45) is 2.60. The Labute approximate surface area is 170 Å². The molecule has 1 aliphatic heterocycles. The largest absolute Gasteiger partial charge is 0.353 e. The summed E-state index contributed by atoms with van der Waals surface area (Å²) in [5.74, 6) is 0.925. The number of nitrogens with zero attached hydrogens (tertiary/aromatic N) is 1. The van der Waals surface area contributed by atoms with E-state index >= 15 is 0 Å². The van der Waals surface area contributed by atoms with Crippen molar-refractivity contribution in [3.8, 4) is 0 Å². The quantitative estimate of drug-likeness (QED) is 0.680. The Morgan fingerprint density at radius 1 is 1.07 bits per heavy atom. The molecule has 1 heterocycles. The number of carbonyl (C=O) groups excluding carboxylic acids is 1. The Morgan fingerprint density at radius 2 is 1.64 bits per heavy atom. The number of aryl methyl sites for hydroxylation is 1. The van der Waals surface area contributed by atoms with E-state index < -0.39 is 10.0 Å². The highest BCUT2D eigenvalue weighted by Crippen LogP contribution is 2.22. The van der Waals surface area contributed by atoms with Crippen molar-refractivity contribution in [1.29, 1.82) is 0 Å². The van der Waals surface area contributed by atoms with Gasteiger partial charge in [0.2, 0.25) is 15.9 Å². The van der Waals surface area contributed by atoms with Crippen LogP contribution >= 0.6 is 0 Å².